The van der Waals surface area contributed by atoms with Crippen LogP contribution in [-0.2, 0) is 30.9 Å². The molecule has 0 fully saturated rings. The van der Waals surface area contributed by atoms with Crippen molar-refractivity contribution in [1.82, 2.24) is 14.3 Å². The van der Waals surface area contributed by atoms with E-state index in [9.17, 15) is 22.8 Å². The van der Waals surface area contributed by atoms with Crippen molar-refractivity contribution >= 4 is 44.3 Å². The Morgan fingerprint density at radius 1 is 1.00 bits per heavy atom. The van der Waals surface area contributed by atoms with E-state index in [0.717, 1.165) is 21.4 Å². The summed E-state index contributed by atoms with van der Waals surface area (Å²) < 4.78 is 35.7. The topological polar surface area (TPSA) is 146 Å². The van der Waals surface area contributed by atoms with E-state index in [-0.39, 0.29) is 18.8 Å². The lowest BCUT2D eigenvalue weighted by atomic mass is 10.1. The zero-order valence-corrected chi connectivity index (χ0v) is 25.7. The Labute approximate surface area is 253 Å². The van der Waals surface area contributed by atoms with Gasteiger partial charge in [-0.3, -0.25) is 13.6 Å². The number of ether oxygens (including phenoxy) is 2. The first kappa shape index (κ1) is 31.6. The standard InChI is InChI=1S/C30H32N4O7S2/c1-30(2,3)41-28(37)22-12-10-20(11-13-22)17-40-18-24(31-26(35)23-14-15-34(16-23)43(4,38)39)27(36)33-29-32-25(19-42-29)21-8-6-5-7-9-21/h5-16,19,24H,17-18H2,1-4H3,(H,31,35)(H,32,33,36). The number of amides is 2. The third-order valence-corrected chi connectivity index (χ3v) is 7.63. The highest BCUT2D eigenvalue weighted by Gasteiger charge is 2.24. The van der Waals surface area contributed by atoms with E-state index in [0.29, 0.717) is 16.4 Å². The zero-order valence-electron chi connectivity index (χ0n) is 24.1. The third kappa shape index (κ3) is 9.08. The van der Waals surface area contributed by atoms with E-state index in [1.54, 1.807) is 45.0 Å². The fourth-order valence-corrected chi connectivity index (χ4v) is 5.09. The van der Waals surface area contributed by atoms with Crippen LogP contribution in [0, 0.1) is 0 Å². The number of aromatic nitrogens is 2. The molecule has 0 aliphatic carbocycles. The van der Waals surface area contributed by atoms with Crippen LogP contribution < -0.4 is 10.6 Å². The summed E-state index contributed by atoms with van der Waals surface area (Å²) in [4.78, 5) is 43.0. The maximum Gasteiger partial charge on any atom is 0.338 e. The summed E-state index contributed by atoms with van der Waals surface area (Å²) in [6.07, 6.45) is 3.42. The molecule has 226 valence electrons. The second kappa shape index (κ2) is 13.3. The van der Waals surface area contributed by atoms with Crippen molar-refractivity contribution in [1.29, 1.82) is 0 Å². The average molecular weight is 625 g/mol. The van der Waals surface area contributed by atoms with Gasteiger partial charge in [-0.05, 0) is 44.5 Å². The van der Waals surface area contributed by atoms with Gasteiger partial charge >= 0.3 is 5.97 Å². The Hall–Kier alpha value is -4.33. The number of hydrogen-bond acceptors (Lipinski definition) is 9. The van der Waals surface area contributed by atoms with E-state index in [2.05, 4.69) is 15.6 Å². The molecule has 0 saturated heterocycles. The van der Waals surface area contributed by atoms with Crippen molar-refractivity contribution < 1.29 is 32.3 Å². The Morgan fingerprint density at radius 3 is 2.33 bits per heavy atom. The van der Waals surface area contributed by atoms with Gasteiger partial charge < -0.3 is 20.1 Å². The SMILES string of the molecule is CC(C)(C)OC(=O)c1ccc(COCC(NC(=O)c2ccn(S(C)(=O)=O)c2)C(=O)Nc2nc(-c3ccccc3)cs2)cc1. The molecule has 0 saturated carbocycles. The van der Waals surface area contributed by atoms with Crippen LogP contribution in [0.5, 0.6) is 0 Å². The van der Waals surface area contributed by atoms with Crippen LogP contribution in [0.1, 0.15) is 47.1 Å². The molecule has 4 aromatic rings. The molecule has 0 bridgehead atoms. The van der Waals surface area contributed by atoms with Gasteiger partial charge in [-0.25, -0.2) is 18.2 Å². The second-order valence-corrected chi connectivity index (χ2v) is 13.4. The van der Waals surface area contributed by atoms with Gasteiger partial charge in [0, 0.05) is 23.3 Å². The Morgan fingerprint density at radius 2 is 1.70 bits per heavy atom. The number of nitrogens with one attached hydrogen (secondary N) is 2. The number of hydrogen-bond donors (Lipinski definition) is 2. The molecule has 0 spiro atoms. The highest BCUT2D eigenvalue weighted by atomic mass is 32.2. The van der Waals surface area contributed by atoms with Gasteiger partial charge in [-0.1, -0.05) is 42.5 Å². The number of esters is 1. The normalized spacial score (nSPS) is 12.4. The summed E-state index contributed by atoms with van der Waals surface area (Å²) in [6, 6.07) is 16.3. The smallest absolute Gasteiger partial charge is 0.338 e. The molecule has 13 heteroatoms. The Balaban J connectivity index is 1.44. The summed E-state index contributed by atoms with van der Waals surface area (Å²) >= 11 is 1.23. The van der Waals surface area contributed by atoms with Crippen molar-refractivity contribution in [3.05, 3.63) is 95.1 Å². The second-order valence-electron chi connectivity index (χ2n) is 10.6. The van der Waals surface area contributed by atoms with Crippen LogP contribution in [0.15, 0.2) is 78.4 Å². The number of anilines is 1. The first-order chi connectivity index (χ1) is 20.3. The van der Waals surface area contributed by atoms with E-state index in [1.165, 1.54) is 29.8 Å². The van der Waals surface area contributed by atoms with Gasteiger partial charge in [0.15, 0.2) is 5.13 Å². The predicted octanol–water partition coefficient (Wildman–Crippen LogP) is 4.33. The quantitative estimate of drug-likeness (QED) is 0.235. The molecule has 1 unspecified atom stereocenters. The van der Waals surface area contributed by atoms with Gasteiger partial charge in [0.2, 0.25) is 10.0 Å². The number of benzene rings is 2. The van der Waals surface area contributed by atoms with Crippen LogP contribution in [0.2, 0.25) is 0 Å². The molecule has 0 aliphatic heterocycles. The van der Waals surface area contributed by atoms with Crippen molar-refractivity contribution in [2.24, 2.45) is 0 Å². The minimum atomic E-state index is -3.59. The summed E-state index contributed by atoms with van der Waals surface area (Å²) in [7, 11) is -3.59. The van der Waals surface area contributed by atoms with E-state index in [1.807, 2.05) is 35.7 Å². The monoisotopic (exact) mass is 624 g/mol. The lowest BCUT2D eigenvalue weighted by Crippen LogP contribution is -2.46. The maximum absolute atomic E-state index is 13.3. The summed E-state index contributed by atoms with van der Waals surface area (Å²) in [6.45, 7) is 5.26. The van der Waals surface area contributed by atoms with Crippen LogP contribution in [0.25, 0.3) is 11.3 Å². The predicted molar refractivity (Wildman–Crippen MR) is 163 cm³/mol. The number of thiazole rings is 1. The molecule has 0 radical (unpaired) electrons. The highest BCUT2D eigenvalue weighted by molar-refractivity contribution is 7.89. The molecular weight excluding hydrogens is 592 g/mol. The molecule has 4 rings (SSSR count). The molecular formula is C30H32N4O7S2. The molecule has 0 aliphatic rings. The minimum absolute atomic E-state index is 0.0570. The lowest BCUT2D eigenvalue weighted by Gasteiger charge is -2.19. The first-order valence-corrected chi connectivity index (χ1v) is 15.9. The molecule has 2 aromatic carbocycles. The van der Waals surface area contributed by atoms with Gasteiger partial charge in [0.1, 0.15) is 11.6 Å². The van der Waals surface area contributed by atoms with Crippen LogP contribution in [0.4, 0.5) is 5.13 Å². The van der Waals surface area contributed by atoms with Crippen LogP contribution in [0.3, 0.4) is 0 Å². The van der Waals surface area contributed by atoms with Crippen molar-refractivity contribution in [3.63, 3.8) is 0 Å². The molecule has 1 atom stereocenters. The molecule has 2 heterocycles. The van der Waals surface area contributed by atoms with Gasteiger partial charge in [0.25, 0.3) is 11.8 Å². The Kier molecular flexibility index (Phi) is 9.79. The largest absolute Gasteiger partial charge is 0.456 e. The van der Waals surface area contributed by atoms with Crippen molar-refractivity contribution in [2.45, 2.75) is 39.0 Å². The molecule has 2 amide bonds. The van der Waals surface area contributed by atoms with Crippen LogP contribution in [-0.4, -0.2) is 59.7 Å². The Bertz CT molecular complexity index is 1690. The summed E-state index contributed by atoms with van der Waals surface area (Å²) in [5.41, 5.74) is 2.14. The number of carbonyl (C=O) groups excluding carboxylic acids is 3. The summed E-state index contributed by atoms with van der Waals surface area (Å²) in [5.74, 6) is -1.66. The maximum atomic E-state index is 13.3. The molecule has 11 nitrogen and oxygen atoms in total. The molecule has 2 aromatic heterocycles. The summed E-state index contributed by atoms with van der Waals surface area (Å²) in [5, 5.41) is 7.49. The average Bonchev–Trinajstić information content (AvgIpc) is 3.63. The molecule has 2 N–H and O–H groups in total. The van der Waals surface area contributed by atoms with Crippen LogP contribution >= 0.6 is 11.3 Å². The number of carbonyl (C=O) groups is 3. The number of rotatable bonds is 11. The highest BCUT2D eigenvalue weighted by Crippen LogP contribution is 2.24. The number of nitrogens with zero attached hydrogens (tertiary/aromatic N) is 2. The van der Waals surface area contributed by atoms with E-state index in [4.69, 9.17) is 9.47 Å². The minimum Gasteiger partial charge on any atom is -0.456 e. The third-order valence-electron chi connectivity index (χ3n) is 5.88. The van der Waals surface area contributed by atoms with Crippen molar-refractivity contribution in [2.75, 3.05) is 18.2 Å². The fourth-order valence-electron chi connectivity index (χ4n) is 3.78. The fraction of sp³-hybridized carbons (Fsp3) is 0.267. The van der Waals surface area contributed by atoms with E-state index < -0.39 is 39.4 Å². The lowest BCUT2D eigenvalue weighted by molar-refractivity contribution is -0.119. The molecule has 43 heavy (non-hydrogen) atoms. The van der Waals surface area contributed by atoms with Gasteiger partial charge in [-0.15, -0.1) is 11.3 Å². The zero-order chi connectivity index (χ0) is 31.2. The van der Waals surface area contributed by atoms with E-state index >= 15 is 0 Å². The van der Waals surface area contributed by atoms with Gasteiger partial charge in [-0.2, -0.15) is 0 Å². The van der Waals surface area contributed by atoms with Crippen molar-refractivity contribution in [3.8, 4) is 11.3 Å². The first-order valence-electron chi connectivity index (χ1n) is 13.2. The van der Waals surface area contributed by atoms with Gasteiger partial charge in [0.05, 0.1) is 36.3 Å².